The lowest BCUT2D eigenvalue weighted by Crippen LogP contribution is -2.24. The summed E-state index contributed by atoms with van der Waals surface area (Å²) >= 11 is 0. The predicted octanol–water partition coefficient (Wildman–Crippen LogP) is 5.78. The third-order valence-corrected chi connectivity index (χ3v) is 5.50. The molecule has 2 aromatic rings. The van der Waals surface area contributed by atoms with Gasteiger partial charge in [0, 0.05) is 0 Å². The smallest absolute Gasteiger partial charge is 0.356 e. The molecule has 2 aromatic carbocycles. The van der Waals surface area contributed by atoms with Crippen molar-refractivity contribution in [2.24, 2.45) is 0 Å². The monoisotopic (exact) mass is 362 g/mol. The van der Waals surface area contributed by atoms with Gasteiger partial charge in [0.1, 0.15) is 6.35 Å². The molecule has 0 saturated heterocycles. The molecule has 0 aliphatic carbocycles. The van der Waals surface area contributed by atoms with Crippen LogP contribution in [0, 0.1) is 0 Å². The normalized spacial score (nSPS) is 12.3. The summed E-state index contributed by atoms with van der Waals surface area (Å²) < 4.78 is 30.3. The Labute approximate surface area is 150 Å². The van der Waals surface area contributed by atoms with E-state index in [0.29, 0.717) is 0 Å². The molecule has 136 valence electrons. The molecule has 0 aliphatic rings. The molecule has 0 bridgehead atoms. The molecule has 0 heterocycles. The van der Waals surface area contributed by atoms with Crippen LogP contribution < -0.4 is 0 Å². The minimum atomic E-state index is -3.38. The van der Waals surface area contributed by atoms with E-state index in [0.717, 1.165) is 17.5 Å². The SMILES string of the molecule is CCC(C)(C)OCP(=O)(OCc1ccccc1)OCc1ccccc1. The lowest BCUT2D eigenvalue weighted by molar-refractivity contribution is -0.00644. The molecule has 0 unspecified atom stereocenters. The molecule has 0 aromatic heterocycles. The molecule has 0 radical (unpaired) electrons. The Bertz CT molecular complexity index is 623. The summed E-state index contributed by atoms with van der Waals surface area (Å²) in [4.78, 5) is 0. The molecule has 0 spiro atoms. The maximum atomic E-state index is 13.2. The summed E-state index contributed by atoms with van der Waals surface area (Å²) in [5, 5.41) is 0. The van der Waals surface area contributed by atoms with Gasteiger partial charge in [-0.15, -0.1) is 0 Å². The van der Waals surface area contributed by atoms with Crippen LogP contribution in [0.4, 0.5) is 0 Å². The summed E-state index contributed by atoms with van der Waals surface area (Å²) in [7, 11) is -3.38. The Hall–Kier alpha value is -1.45. The lowest BCUT2D eigenvalue weighted by atomic mass is 10.1. The Morgan fingerprint density at radius 2 is 1.28 bits per heavy atom. The number of benzene rings is 2. The fraction of sp³-hybridized carbons (Fsp3) is 0.400. The average Bonchev–Trinajstić information content (AvgIpc) is 2.65. The maximum Gasteiger partial charge on any atom is 0.356 e. The van der Waals surface area contributed by atoms with Crippen molar-refractivity contribution in [3.8, 4) is 0 Å². The van der Waals surface area contributed by atoms with Crippen molar-refractivity contribution >= 4 is 7.60 Å². The second-order valence-electron chi connectivity index (χ2n) is 6.52. The Kier molecular flexibility index (Phi) is 7.39. The third kappa shape index (κ3) is 7.13. The van der Waals surface area contributed by atoms with Crippen LogP contribution in [0.25, 0.3) is 0 Å². The molecule has 0 N–H and O–H groups in total. The van der Waals surface area contributed by atoms with Crippen molar-refractivity contribution in [2.45, 2.75) is 46.0 Å². The Morgan fingerprint density at radius 3 is 1.68 bits per heavy atom. The van der Waals surface area contributed by atoms with E-state index in [-0.39, 0.29) is 25.2 Å². The molecule has 0 saturated carbocycles. The fourth-order valence-electron chi connectivity index (χ4n) is 1.96. The van der Waals surface area contributed by atoms with Crippen LogP contribution >= 0.6 is 7.60 Å². The van der Waals surface area contributed by atoms with Gasteiger partial charge in [-0.1, -0.05) is 67.6 Å². The first-order chi connectivity index (χ1) is 11.9. The number of hydrogen-bond donors (Lipinski definition) is 0. The standard InChI is InChI=1S/C20H27O4P/c1-4-20(2,3)22-17-25(21,23-15-18-11-7-5-8-12-18)24-16-19-13-9-6-10-14-19/h5-14H,4,15-17H2,1-3H3. The molecule has 4 nitrogen and oxygen atoms in total. The summed E-state index contributed by atoms with van der Waals surface area (Å²) in [5.41, 5.74) is 1.52. The first-order valence-corrected chi connectivity index (χ1v) is 10.3. The maximum absolute atomic E-state index is 13.2. The molecule has 25 heavy (non-hydrogen) atoms. The van der Waals surface area contributed by atoms with E-state index in [1.54, 1.807) is 0 Å². The second kappa shape index (κ2) is 9.30. The van der Waals surface area contributed by atoms with Gasteiger partial charge < -0.3 is 13.8 Å². The topological polar surface area (TPSA) is 44.8 Å². The number of rotatable bonds is 10. The lowest BCUT2D eigenvalue weighted by Gasteiger charge is -2.27. The molecule has 5 heteroatoms. The van der Waals surface area contributed by atoms with Gasteiger partial charge in [0.2, 0.25) is 0 Å². The van der Waals surface area contributed by atoms with Gasteiger partial charge in [-0.3, -0.25) is 4.57 Å². The zero-order chi connectivity index (χ0) is 18.2. The highest BCUT2D eigenvalue weighted by Crippen LogP contribution is 2.50. The highest BCUT2D eigenvalue weighted by atomic mass is 31.2. The molecular weight excluding hydrogens is 335 g/mol. The van der Waals surface area contributed by atoms with E-state index in [1.807, 2.05) is 81.4 Å². The third-order valence-electron chi connectivity index (χ3n) is 4.01. The highest BCUT2D eigenvalue weighted by Gasteiger charge is 2.29. The number of hydrogen-bond acceptors (Lipinski definition) is 4. The molecular formula is C20H27O4P. The van der Waals surface area contributed by atoms with E-state index < -0.39 is 7.60 Å². The van der Waals surface area contributed by atoms with E-state index in [1.165, 1.54) is 0 Å². The van der Waals surface area contributed by atoms with E-state index >= 15 is 0 Å². The van der Waals surface area contributed by atoms with Crippen LogP contribution in [0.2, 0.25) is 0 Å². The zero-order valence-corrected chi connectivity index (χ0v) is 16.1. The van der Waals surface area contributed by atoms with Crippen LogP contribution in [0.3, 0.4) is 0 Å². The molecule has 0 fully saturated rings. The van der Waals surface area contributed by atoms with Gasteiger partial charge in [0.15, 0.2) is 0 Å². The van der Waals surface area contributed by atoms with Crippen LogP contribution in [0.5, 0.6) is 0 Å². The van der Waals surface area contributed by atoms with Crippen molar-refractivity contribution in [3.63, 3.8) is 0 Å². The number of ether oxygens (including phenoxy) is 1. The molecule has 2 rings (SSSR count). The molecule has 0 amide bonds. The van der Waals surface area contributed by atoms with Gasteiger partial charge in [-0.2, -0.15) is 0 Å². The van der Waals surface area contributed by atoms with Crippen molar-refractivity contribution in [1.82, 2.24) is 0 Å². The predicted molar refractivity (Wildman–Crippen MR) is 100 cm³/mol. The summed E-state index contributed by atoms with van der Waals surface area (Å²) in [5.74, 6) is 0. The zero-order valence-electron chi connectivity index (χ0n) is 15.2. The van der Waals surface area contributed by atoms with Crippen molar-refractivity contribution in [2.75, 3.05) is 6.35 Å². The van der Waals surface area contributed by atoms with E-state index in [9.17, 15) is 4.57 Å². The first-order valence-electron chi connectivity index (χ1n) is 8.52. The summed E-state index contributed by atoms with van der Waals surface area (Å²) in [6.07, 6.45) is 0.748. The summed E-state index contributed by atoms with van der Waals surface area (Å²) in [6.45, 7) is 6.41. The van der Waals surface area contributed by atoms with Crippen molar-refractivity contribution in [1.29, 1.82) is 0 Å². The highest BCUT2D eigenvalue weighted by molar-refractivity contribution is 7.53. The van der Waals surface area contributed by atoms with Crippen LogP contribution in [0.1, 0.15) is 38.3 Å². The fourth-order valence-corrected chi connectivity index (χ4v) is 3.38. The Morgan fingerprint density at radius 1 is 0.840 bits per heavy atom. The first kappa shape index (κ1) is 19.9. The summed E-state index contributed by atoms with van der Waals surface area (Å²) in [6, 6.07) is 19.3. The molecule has 0 aliphatic heterocycles. The van der Waals surface area contributed by atoms with Crippen molar-refractivity contribution < 1.29 is 18.3 Å². The minimum Gasteiger partial charge on any atom is -0.363 e. The Balaban J connectivity index is 2.02. The molecule has 0 atom stereocenters. The van der Waals surface area contributed by atoms with E-state index in [4.69, 9.17) is 13.8 Å². The van der Waals surface area contributed by atoms with Crippen LogP contribution in [-0.2, 0) is 31.6 Å². The largest absolute Gasteiger partial charge is 0.363 e. The minimum absolute atomic E-state index is 0.0620. The van der Waals surface area contributed by atoms with Gasteiger partial charge >= 0.3 is 7.60 Å². The average molecular weight is 362 g/mol. The van der Waals surface area contributed by atoms with Gasteiger partial charge in [0.25, 0.3) is 0 Å². The van der Waals surface area contributed by atoms with Gasteiger partial charge in [-0.05, 0) is 31.4 Å². The van der Waals surface area contributed by atoms with Crippen molar-refractivity contribution in [3.05, 3.63) is 71.8 Å². The van der Waals surface area contributed by atoms with Crippen LogP contribution in [-0.4, -0.2) is 11.9 Å². The van der Waals surface area contributed by atoms with Gasteiger partial charge in [0.05, 0.1) is 18.8 Å². The van der Waals surface area contributed by atoms with E-state index in [2.05, 4.69) is 0 Å². The van der Waals surface area contributed by atoms with Gasteiger partial charge in [-0.25, -0.2) is 0 Å². The van der Waals surface area contributed by atoms with Crippen LogP contribution in [0.15, 0.2) is 60.7 Å². The quantitative estimate of drug-likeness (QED) is 0.503. The second-order valence-corrected chi connectivity index (χ2v) is 8.51.